The topological polar surface area (TPSA) is 55.4 Å². The lowest BCUT2D eigenvalue weighted by atomic mass is 10.1. The summed E-state index contributed by atoms with van der Waals surface area (Å²) >= 11 is 0. The van der Waals surface area contributed by atoms with Gasteiger partial charge in [-0.15, -0.1) is 0 Å². The van der Waals surface area contributed by atoms with E-state index in [2.05, 4.69) is 5.32 Å². The lowest BCUT2D eigenvalue weighted by Crippen LogP contribution is -2.34. The molecule has 4 heteroatoms. The smallest absolute Gasteiger partial charge is 0.407 e. The van der Waals surface area contributed by atoms with Crippen LogP contribution >= 0.6 is 0 Å². The molecule has 1 atom stereocenters. The number of carbonyl (C=O) groups excluding carboxylic acids is 2. The Bertz CT molecular complexity index is 196. The third-order valence-corrected chi connectivity index (χ3v) is 1.49. The lowest BCUT2D eigenvalue weighted by molar-refractivity contribution is -0.108. The zero-order valence-corrected chi connectivity index (χ0v) is 9.29. The van der Waals surface area contributed by atoms with Gasteiger partial charge in [-0.1, -0.05) is 6.92 Å². The monoisotopic (exact) mass is 201 g/mol. The van der Waals surface area contributed by atoms with Gasteiger partial charge in [0.2, 0.25) is 0 Å². The first-order valence-electron chi connectivity index (χ1n) is 4.75. The molecule has 82 valence electrons. The predicted octanol–water partition coefficient (Wildman–Crippen LogP) is 1.74. The molecule has 0 aromatic carbocycles. The van der Waals surface area contributed by atoms with E-state index in [9.17, 15) is 9.59 Å². The van der Waals surface area contributed by atoms with E-state index in [0.29, 0.717) is 13.0 Å². The molecule has 1 amide bonds. The number of rotatable bonds is 4. The maximum Gasteiger partial charge on any atom is 0.407 e. The molecular formula is C10H19NO3. The number of amides is 1. The quantitative estimate of drug-likeness (QED) is 0.705. The number of hydrogen-bond acceptors (Lipinski definition) is 3. The molecular weight excluding hydrogens is 182 g/mol. The Morgan fingerprint density at radius 2 is 2.07 bits per heavy atom. The molecule has 0 bridgehead atoms. The van der Waals surface area contributed by atoms with Crippen LogP contribution in [0.25, 0.3) is 0 Å². The van der Waals surface area contributed by atoms with Gasteiger partial charge in [0.05, 0.1) is 0 Å². The minimum Gasteiger partial charge on any atom is -0.444 e. The molecule has 0 aromatic rings. The number of aldehydes is 1. The Balaban J connectivity index is 3.69. The van der Waals surface area contributed by atoms with Gasteiger partial charge in [-0.25, -0.2) is 4.79 Å². The van der Waals surface area contributed by atoms with Gasteiger partial charge in [-0.2, -0.15) is 0 Å². The van der Waals surface area contributed by atoms with Gasteiger partial charge in [-0.05, 0) is 26.7 Å². The fourth-order valence-electron chi connectivity index (χ4n) is 0.819. The van der Waals surface area contributed by atoms with Crippen molar-refractivity contribution in [2.24, 2.45) is 5.92 Å². The van der Waals surface area contributed by atoms with Crippen LogP contribution in [0.3, 0.4) is 0 Å². The normalized spacial score (nSPS) is 13.1. The summed E-state index contributed by atoms with van der Waals surface area (Å²) in [5, 5.41) is 2.60. The highest BCUT2D eigenvalue weighted by Gasteiger charge is 2.16. The van der Waals surface area contributed by atoms with Gasteiger partial charge in [0.15, 0.2) is 0 Å². The van der Waals surface area contributed by atoms with E-state index in [-0.39, 0.29) is 5.92 Å². The van der Waals surface area contributed by atoms with Gasteiger partial charge in [0.25, 0.3) is 0 Å². The second-order valence-corrected chi connectivity index (χ2v) is 4.39. The molecule has 0 radical (unpaired) electrons. The van der Waals surface area contributed by atoms with E-state index in [0.717, 1.165) is 6.29 Å². The summed E-state index contributed by atoms with van der Waals surface area (Å²) in [5.74, 6) is 0.153. The molecule has 4 nitrogen and oxygen atoms in total. The molecule has 0 aliphatic carbocycles. The largest absolute Gasteiger partial charge is 0.444 e. The van der Waals surface area contributed by atoms with Crippen LogP contribution in [-0.4, -0.2) is 24.5 Å². The average Bonchev–Trinajstić information content (AvgIpc) is 1.98. The van der Waals surface area contributed by atoms with Crippen molar-refractivity contribution in [3.8, 4) is 0 Å². The Kier molecular flexibility index (Phi) is 5.20. The fraction of sp³-hybridized carbons (Fsp3) is 0.800. The summed E-state index contributed by atoms with van der Waals surface area (Å²) in [4.78, 5) is 21.3. The molecule has 0 aromatic heterocycles. The minimum absolute atomic E-state index is 0.153. The van der Waals surface area contributed by atoms with Crippen LogP contribution in [-0.2, 0) is 9.53 Å². The third kappa shape index (κ3) is 7.58. The lowest BCUT2D eigenvalue weighted by Gasteiger charge is -2.20. The standard InChI is InChI=1S/C10H19NO3/c1-8(5-6-12)7-11-9(13)14-10(2,3)4/h6,8H,5,7H2,1-4H3,(H,11,13). The summed E-state index contributed by atoms with van der Waals surface area (Å²) in [5.41, 5.74) is -0.474. The molecule has 0 heterocycles. The van der Waals surface area contributed by atoms with Crippen molar-refractivity contribution in [2.75, 3.05) is 6.54 Å². The average molecular weight is 201 g/mol. The van der Waals surface area contributed by atoms with Crippen molar-refractivity contribution in [1.82, 2.24) is 5.32 Å². The molecule has 0 spiro atoms. The number of hydrogen-bond donors (Lipinski definition) is 1. The van der Waals surface area contributed by atoms with Crippen LogP contribution in [0.15, 0.2) is 0 Å². The molecule has 0 saturated heterocycles. The number of ether oxygens (including phenoxy) is 1. The zero-order chi connectivity index (χ0) is 11.2. The molecule has 0 rings (SSSR count). The first-order valence-corrected chi connectivity index (χ1v) is 4.75. The number of alkyl carbamates (subject to hydrolysis) is 1. The van der Waals surface area contributed by atoms with Gasteiger partial charge in [-0.3, -0.25) is 0 Å². The van der Waals surface area contributed by atoms with E-state index in [1.54, 1.807) is 20.8 Å². The third-order valence-electron chi connectivity index (χ3n) is 1.49. The highest BCUT2D eigenvalue weighted by molar-refractivity contribution is 5.67. The van der Waals surface area contributed by atoms with Crippen molar-refractivity contribution in [3.63, 3.8) is 0 Å². The van der Waals surface area contributed by atoms with Crippen LogP contribution < -0.4 is 5.32 Å². The second kappa shape index (κ2) is 5.62. The Labute approximate surface area is 85.0 Å². The predicted molar refractivity (Wildman–Crippen MR) is 54.1 cm³/mol. The summed E-state index contributed by atoms with van der Waals surface area (Å²) < 4.78 is 5.03. The Morgan fingerprint density at radius 1 is 1.50 bits per heavy atom. The van der Waals surface area contributed by atoms with Crippen molar-refractivity contribution in [3.05, 3.63) is 0 Å². The van der Waals surface area contributed by atoms with E-state index in [1.165, 1.54) is 0 Å². The fourth-order valence-corrected chi connectivity index (χ4v) is 0.819. The van der Waals surface area contributed by atoms with Crippen LogP contribution in [0.2, 0.25) is 0 Å². The molecule has 1 N–H and O–H groups in total. The summed E-state index contributed by atoms with van der Waals surface area (Å²) in [6, 6.07) is 0. The molecule has 0 saturated carbocycles. The van der Waals surface area contributed by atoms with Crippen LogP contribution in [0.4, 0.5) is 4.79 Å². The molecule has 0 aliphatic heterocycles. The highest BCUT2D eigenvalue weighted by atomic mass is 16.6. The maximum atomic E-state index is 11.1. The molecule has 14 heavy (non-hydrogen) atoms. The second-order valence-electron chi connectivity index (χ2n) is 4.39. The maximum absolute atomic E-state index is 11.1. The number of carbonyl (C=O) groups is 2. The summed E-state index contributed by atoms with van der Waals surface area (Å²) in [6.07, 6.45) is 0.868. The number of nitrogens with one attached hydrogen (secondary N) is 1. The van der Waals surface area contributed by atoms with Gasteiger partial charge in [0, 0.05) is 13.0 Å². The van der Waals surface area contributed by atoms with E-state index < -0.39 is 11.7 Å². The molecule has 1 unspecified atom stereocenters. The van der Waals surface area contributed by atoms with Gasteiger partial charge in [0.1, 0.15) is 11.9 Å². The summed E-state index contributed by atoms with van der Waals surface area (Å²) in [7, 11) is 0. The highest BCUT2D eigenvalue weighted by Crippen LogP contribution is 2.06. The SMILES string of the molecule is CC(CC=O)CNC(=O)OC(C)(C)C. The summed E-state index contributed by atoms with van der Waals surface area (Å²) in [6.45, 7) is 7.78. The Morgan fingerprint density at radius 3 is 2.50 bits per heavy atom. The van der Waals surface area contributed by atoms with Crippen molar-refractivity contribution in [2.45, 2.75) is 39.7 Å². The van der Waals surface area contributed by atoms with E-state index in [4.69, 9.17) is 4.74 Å². The van der Waals surface area contributed by atoms with E-state index in [1.807, 2.05) is 6.92 Å². The molecule has 0 fully saturated rings. The van der Waals surface area contributed by atoms with Gasteiger partial charge >= 0.3 is 6.09 Å². The van der Waals surface area contributed by atoms with Crippen molar-refractivity contribution >= 4 is 12.4 Å². The Hall–Kier alpha value is -1.06. The first-order chi connectivity index (χ1) is 6.35. The van der Waals surface area contributed by atoms with E-state index >= 15 is 0 Å². The van der Waals surface area contributed by atoms with Crippen LogP contribution in [0, 0.1) is 5.92 Å². The van der Waals surface area contributed by atoms with Gasteiger partial charge < -0.3 is 14.8 Å². The minimum atomic E-state index is -0.474. The van der Waals surface area contributed by atoms with Crippen molar-refractivity contribution < 1.29 is 14.3 Å². The van der Waals surface area contributed by atoms with Crippen LogP contribution in [0.5, 0.6) is 0 Å². The van der Waals surface area contributed by atoms with Crippen molar-refractivity contribution in [1.29, 1.82) is 0 Å². The molecule has 0 aliphatic rings. The zero-order valence-electron chi connectivity index (χ0n) is 9.29. The van der Waals surface area contributed by atoms with Crippen LogP contribution in [0.1, 0.15) is 34.1 Å². The first kappa shape index (κ1) is 12.9.